The summed E-state index contributed by atoms with van der Waals surface area (Å²) in [5.74, 6) is -1.08. The molecule has 0 heterocycles. The van der Waals surface area contributed by atoms with Crippen LogP contribution in [-0.2, 0) is 9.47 Å². The summed E-state index contributed by atoms with van der Waals surface area (Å²) >= 11 is 0. The summed E-state index contributed by atoms with van der Waals surface area (Å²) in [4.78, 5) is 10.9. The van der Waals surface area contributed by atoms with Crippen LogP contribution in [0.1, 0.15) is 10.4 Å². The second-order valence-corrected chi connectivity index (χ2v) is 3.34. The van der Waals surface area contributed by atoms with Crippen molar-refractivity contribution in [2.45, 2.75) is 6.29 Å². The number of hydrogen-bond donors (Lipinski definition) is 2. The largest absolute Gasteiger partial charge is 0.378 e. The van der Waals surface area contributed by atoms with Crippen molar-refractivity contribution in [1.82, 2.24) is 0 Å². The molecule has 0 saturated carbocycles. The maximum absolute atomic E-state index is 13.4. The lowest BCUT2D eigenvalue weighted by molar-refractivity contribution is -0.0914. The smallest absolute Gasteiger partial charge is 0.248 e. The van der Waals surface area contributed by atoms with Crippen molar-refractivity contribution >= 4 is 11.6 Å². The third-order valence-corrected chi connectivity index (χ3v) is 2.24. The standard InChI is InChI=1S/C11H15FN2O3/c1-16-10(17-2)6-14-9-5-7(11(13)15)3-4-8(9)12/h3-5,10,14H,6H2,1-2H3,(H2,13,15). The van der Waals surface area contributed by atoms with E-state index in [4.69, 9.17) is 15.2 Å². The topological polar surface area (TPSA) is 73.6 Å². The number of methoxy groups -OCH3 is 2. The molecule has 1 rings (SSSR count). The molecule has 3 N–H and O–H groups in total. The molecule has 0 aliphatic heterocycles. The van der Waals surface area contributed by atoms with Crippen LogP contribution in [0.2, 0.25) is 0 Å². The third kappa shape index (κ3) is 3.69. The van der Waals surface area contributed by atoms with Crippen LogP contribution < -0.4 is 11.1 Å². The Morgan fingerprint density at radius 3 is 2.65 bits per heavy atom. The van der Waals surface area contributed by atoms with Crippen molar-refractivity contribution in [1.29, 1.82) is 0 Å². The molecule has 5 nitrogen and oxygen atoms in total. The molecule has 1 amide bonds. The first-order chi connectivity index (χ1) is 8.08. The zero-order chi connectivity index (χ0) is 12.8. The van der Waals surface area contributed by atoms with E-state index in [0.717, 1.165) is 0 Å². The van der Waals surface area contributed by atoms with Crippen LogP contribution in [0.25, 0.3) is 0 Å². The van der Waals surface area contributed by atoms with Gasteiger partial charge in [-0.1, -0.05) is 0 Å². The van der Waals surface area contributed by atoms with Crippen molar-refractivity contribution in [2.75, 3.05) is 26.1 Å². The number of carbonyl (C=O) groups is 1. The van der Waals surface area contributed by atoms with E-state index in [1.807, 2.05) is 0 Å². The summed E-state index contributed by atoms with van der Waals surface area (Å²) in [6.07, 6.45) is -0.494. The second-order valence-electron chi connectivity index (χ2n) is 3.34. The molecule has 0 spiro atoms. The Hall–Kier alpha value is -1.66. The van der Waals surface area contributed by atoms with Crippen molar-refractivity contribution < 1.29 is 18.7 Å². The molecule has 0 fully saturated rings. The molecule has 1 aromatic rings. The fourth-order valence-electron chi connectivity index (χ4n) is 1.27. The average Bonchev–Trinajstić information content (AvgIpc) is 2.32. The predicted molar refractivity (Wildman–Crippen MR) is 61.2 cm³/mol. The molecule has 0 bridgehead atoms. The van der Waals surface area contributed by atoms with Crippen LogP contribution in [0.5, 0.6) is 0 Å². The Kier molecular flexibility index (Phi) is 4.86. The van der Waals surface area contributed by atoms with E-state index in [1.165, 1.54) is 32.4 Å². The summed E-state index contributed by atoms with van der Waals surface area (Å²) in [7, 11) is 2.96. The highest BCUT2D eigenvalue weighted by Gasteiger charge is 2.09. The molecule has 0 aromatic heterocycles. The third-order valence-electron chi connectivity index (χ3n) is 2.24. The van der Waals surface area contributed by atoms with E-state index >= 15 is 0 Å². The minimum absolute atomic E-state index is 0.181. The fourth-order valence-corrected chi connectivity index (χ4v) is 1.27. The molecule has 1 aromatic carbocycles. The Bertz CT molecular complexity index is 394. The number of amides is 1. The second kappa shape index (κ2) is 6.17. The van der Waals surface area contributed by atoms with E-state index in [1.54, 1.807) is 0 Å². The molecule has 0 aliphatic rings. The summed E-state index contributed by atoms with van der Waals surface area (Å²) in [6.45, 7) is 0.256. The van der Waals surface area contributed by atoms with Crippen LogP contribution in [0.15, 0.2) is 18.2 Å². The molecule has 94 valence electrons. The number of carbonyl (C=O) groups excluding carboxylic acids is 1. The maximum atomic E-state index is 13.4. The lowest BCUT2D eigenvalue weighted by atomic mass is 10.2. The highest BCUT2D eigenvalue weighted by Crippen LogP contribution is 2.16. The van der Waals surface area contributed by atoms with Gasteiger partial charge in [0.1, 0.15) is 5.82 Å². The molecule has 6 heteroatoms. The molecule has 0 radical (unpaired) electrons. The number of halogens is 1. The van der Waals surface area contributed by atoms with Gasteiger partial charge >= 0.3 is 0 Å². The lowest BCUT2D eigenvalue weighted by Crippen LogP contribution is -2.24. The summed E-state index contributed by atoms with van der Waals surface area (Å²) < 4.78 is 23.3. The van der Waals surface area contributed by atoms with E-state index in [0.29, 0.717) is 0 Å². The van der Waals surface area contributed by atoms with Gasteiger partial charge < -0.3 is 20.5 Å². The van der Waals surface area contributed by atoms with Gasteiger partial charge in [0.15, 0.2) is 6.29 Å². The Balaban J connectivity index is 2.75. The summed E-state index contributed by atoms with van der Waals surface area (Å²) in [5.41, 5.74) is 5.52. The number of hydrogen-bond acceptors (Lipinski definition) is 4. The van der Waals surface area contributed by atoms with Gasteiger partial charge in [0, 0.05) is 19.8 Å². The molecular formula is C11H15FN2O3. The van der Waals surface area contributed by atoms with Gasteiger partial charge in [-0.25, -0.2) is 4.39 Å². The average molecular weight is 242 g/mol. The van der Waals surface area contributed by atoms with Gasteiger partial charge in [0.2, 0.25) is 5.91 Å². The van der Waals surface area contributed by atoms with E-state index < -0.39 is 18.0 Å². The lowest BCUT2D eigenvalue weighted by Gasteiger charge is -2.15. The molecule has 0 aliphatic carbocycles. The van der Waals surface area contributed by atoms with Gasteiger partial charge in [0.05, 0.1) is 12.2 Å². The number of anilines is 1. The summed E-state index contributed by atoms with van der Waals surface area (Å²) in [6, 6.07) is 3.85. The molecule has 0 saturated heterocycles. The minimum Gasteiger partial charge on any atom is -0.378 e. The number of rotatable bonds is 6. The summed E-state index contributed by atoms with van der Waals surface area (Å²) in [5, 5.41) is 2.78. The molecule has 17 heavy (non-hydrogen) atoms. The molecule has 0 unspecified atom stereocenters. The quantitative estimate of drug-likeness (QED) is 0.728. The number of benzene rings is 1. The van der Waals surface area contributed by atoms with Gasteiger partial charge in [-0.3, -0.25) is 4.79 Å². The minimum atomic E-state index is -0.608. The van der Waals surface area contributed by atoms with Gasteiger partial charge in [-0.05, 0) is 18.2 Å². The Labute approximate surface area is 98.7 Å². The highest BCUT2D eigenvalue weighted by atomic mass is 19.1. The maximum Gasteiger partial charge on any atom is 0.248 e. The van der Waals surface area contributed by atoms with Crippen molar-refractivity contribution in [3.63, 3.8) is 0 Å². The Morgan fingerprint density at radius 2 is 2.12 bits per heavy atom. The van der Waals surface area contributed by atoms with Crippen LogP contribution in [-0.4, -0.2) is 33.0 Å². The van der Waals surface area contributed by atoms with Crippen LogP contribution >= 0.6 is 0 Å². The number of nitrogens with two attached hydrogens (primary N) is 1. The van der Waals surface area contributed by atoms with Crippen molar-refractivity contribution in [3.05, 3.63) is 29.6 Å². The zero-order valence-corrected chi connectivity index (χ0v) is 9.70. The van der Waals surface area contributed by atoms with E-state index in [9.17, 15) is 9.18 Å². The van der Waals surface area contributed by atoms with E-state index in [-0.39, 0.29) is 17.8 Å². The van der Waals surface area contributed by atoms with Crippen LogP contribution in [0, 0.1) is 5.82 Å². The number of nitrogens with one attached hydrogen (secondary N) is 1. The number of primary amides is 1. The normalized spacial score (nSPS) is 10.6. The SMILES string of the molecule is COC(CNc1cc(C(N)=O)ccc1F)OC. The first-order valence-electron chi connectivity index (χ1n) is 4.97. The predicted octanol–water partition coefficient (Wildman–Crippen LogP) is 0.955. The van der Waals surface area contributed by atoms with E-state index in [2.05, 4.69) is 5.32 Å². The van der Waals surface area contributed by atoms with Crippen molar-refractivity contribution in [2.24, 2.45) is 5.73 Å². The highest BCUT2D eigenvalue weighted by molar-refractivity contribution is 5.93. The van der Waals surface area contributed by atoms with Crippen LogP contribution in [0.3, 0.4) is 0 Å². The Morgan fingerprint density at radius 1 is 1.47 bits per heavy atom. The zero-order valence-electron chi connectivity index (χ0n) is 9.70. The monoisotopic (exact) mass is 242 g/mol. The fraction of sp³-hybridized carbons (Fsp3) is 0.364. The van der Waals surface area contributed by atoms with Gasteiger partial charge in [-0.2, -0.15) is 0 Å². The van der Waals surface area contributed by atoms with Gasteiger partial charge in [-0.15, -0.1) is 0 Å². The number of ether oxygens (including phenoxy) is 2. The molecular weight excluding hydrogens is 227 g/mol. The van der Waals surface area contributed by atoms with Crippen molar-refractivity contribution in [3.8, 4) is 0 Å². The molecule has 0 atom stereocenters. The first-order valence-corrected chi connectivity index (χ1v) is 4.97. The first kappa shape index (κ1) is 13.4. The van der Waals surface area contributed by atoms with Gasteiger partial charge in [0.25, 0.3) is 0 Å². The van der Waals surface area contributed by atoms with Crippen LogP contribution in [0.4, 0.5) is 10.1 Å².